The van der Waals surface area contributed by atoms with Gasteiger partial charge in [0.25, 0.3) is 0 Å². The van der Waals surface area contributed by atoms with Gasteiger partial charge in [0.2, 0.25) is 5.13 Å². The van der Waals surface area contributed by atoms with Gasteiger partial charge in [-0.2, -0.15) is 5.10 Å². The molecular weight excluding hydrogens is 399 g/mol. The lowest BCUT2D eigenvalue weighted by Gasteiger charge is -2.01. The van der Waals surface area contributed by atoms with E-state index in [-0.39, 0.29) is 10.6 Å². The van der Waals surface area contributed by atoms with E-state index in [1.165, 1.54) is 48.1 Å². The standard InChI is InChI=1S/C16H12ClFN4O2S2/c1-24-16(23)21-14-13(12-6-3-7-25-12)20-15(26-14)22-19-8-9-10(17)4-2-5-11(9)18/h2-8H,1H3,(H,20,22)(H,21,23)/b19-8-. The molecule has 0 aliphatic heterocycles. The van der Waals surface area contributed by atoms with Crippen molar-refractivity contribution >= 4 is 56.7 Å². The van der Waals surface area contributed by atoms with Crippen LogP contribution in [0.3, 0.4) is 0 Å². The summed E-state index contributed by atoms with van der Waals surface area (Å²) in [5.74, 6) is -0.477. The molecular formula is C16H12ClFN4O2S2. The fourth-order valence-electron chi connectivity index (χ4n) is 1.96. The highest BCUT2D eigenvalue weighted by Gasteiger charge is 2.16. The first kappa shape index (κ1) is 18.3. The molecule has 0 saturated heterocycles. The van der Waals surface area contributed by atoms with Gasteiger partial charge in [-0.25, -0.2) is 14.2 Å². The second-order valence-electron chi connectivity index (χ2n) is 4.80. The molecule has 134 valence electrons. The Labute approximate surface area is 161 Å². The minimum absolute atomic E-state index is 0.171. The van der Waals surface area contributed by atoms with Crippen molar-refractivity contribution in [3.8, 4) is 10.6 Å². The summed E-state index contributed by atoms with van der Waals surface area (Å²) in [5.41, 5.74) is 3.49. The largest absolute Gasteiger partial charge is 0.453 e. The number of thiophene rings is 1. The fourth-order valence-corrected chi connectivity index (χ4v) is 3.77. The first-order chi connectivity index (χ1) is 12.6. The van der Waals surface area contributed by atoms with Gasteiger partial charge >= 0.3 is 6.09 Å². The van der Waals surface area contributed by atoms with Crippen LogP contribution in [0.5, 0.6) is 0 Å². The number of hydrazone groups is 1. The maximum atomic E-state index is 13.7. The zero-order valence-corrected chi connectivity index (χ0v) is 15.7. The van der Waals surface area contributed by atoms with Crippen molar-refractivity contribution in [2.75, 3.05) is 17.9 Å². The van der Waals surface area contributed by atoms with Crippen LogP contribution in [0.2, 0.25) is 5.02 Å². The number of ether oxygens (including phenoxy) is 1. The van der Waals surface area contributed by atoms with Gasteiger partial charge in [0.1, 0.15) is 16.5 Å². The van der Waals surface area contributed by atoms with E-state index in [9.17, 15) is 9.18 Å². The first-order valence-corrected chi connectivity index (χ1v) is 9.28. The molecule has 2 aromatic heterocycles. The van der Waals surface area contributed by atoms with Gasteiger partial charge in [-0.05, 0) is 23.6 Å². The number of halogens is 2. The normalized spacial score (nSPS) is 10.9. The number of rotatable bonds is 5. The molecule has 0 bridgehead atoms. The number of hydrogen-bond donors (Lipinski definition) is 2. The van der Waals surface area contributed by atoms with E-state index in [1.807, 2.05) is 17.5 Å². The summed E-state index contributed by atoms with van der Waals surface area (Å²) in [7, 11) is 1.28. The summed E-state index contributed by atoms with van der Waals surface area (Å²) in [5, 5.41) is 9.69. The second-order valence-corrected chi connectivity index (χ2v) is 7.15. The van der Waals surface area contributed by atoms with Gasteiger partial charge in [-0.15, -0.1) is 11.3 Å². The van der Waals surface area contributed by atoms with E-state index in [0.29, 0.717) is 15.8 Å². The summed E-state index contributed by atoms with van der Waals surface area (Å²) in [6.45, 7) is 0. The highest BCUT2D eigenvalue weighted by atomic mass is 35.5. The van der Waals surface area contributed by atoms with Crippen LogP contribution in [0.15, 0.2) is 40.8 Å². The lowest BCUT2D eigenvalue weighted by atomic mass is 10.2. The van der Waals surface area contributed by atoms with Gasteiger partial charge in [0.05, 0.1) is 23.2 Å². The number of amides is 1. The predicted octanol–water partition coefficient (Wildman–Crippen LogP) is 5.29. The molecule has 0 spiro atoms. The Morgan fingerprint density at radius 3 is 2.92 bits per heavy atom. The highest BCUT2D eigenvalue weighted by Crippen LogP contribution is 2.38. The van der Waals surface area contributed by atoms with Crippen LogP contribution in [0.25, 0.3) is 10.6 Å². The first-order valence-electron chi connectivity index (χ1n) is 7.21. The number of aromatic nitrogens is 1. The number of anilines is 2. The lowest BCUT2D eigenvalue weighted by molar-refractivity contribution is 0.187. The zero-order valence-electron chi connectivity index (χ0n) is 13.3. The van der Waals surface area contributed by atoms with Crippen LogP contribution in [0.4, 0.5) is 19.3 Å². The minimum Gasteiger partial charge on any atom is -0.453 e. The Morgan fingerprint density at radius 2 is 2.23 bits per heavy atom. The molecule has 3 rings (SSSR count). The third-order valence-electron chi connectivity index (χ3n) is 3.14. The molecule has 0 aliphatic carbocycles. The van der Waals surface area contributed by atoms with E-state index in [4.69, 9.17) is 11.6 Å². The average Bonchev–Trinajstić information content (AvgIpc) is 3.27. The van der Waals surface area contributed by atoms with Gasteiger partial charge in [0, 0.05) is 5.56 Å². The fraction of sp³-hybridized carbons (Fsp3) is 0.0625. The number of carbonyl (C=O) groups is 1. The second kappa shape index (κ2) is 8.26. The van der Waals surface area contributed by atoms with Gasteiger partial charge in [0.15, 0.2) is 0 Å². The Morgan fingerprint density at radius 1 is 1.38 bits per heavy atom. The highest BCUT2D eigenvalue weighted by molar-refractivity contribution is 7.21. The number of nitrogens with zero attached hydrogens (tertiary/aromatic N) is 2. The monoisotopic (exact) mass is 410 g/mol. The van der Waals surface area contributed by atoms with Crippen LogP contribution in [-0.4, -0.2) is 24.4 Å². The molecule has 2 heterocycles. The summed E-state index contributed by atoms with van der Waals surface area (Å²) in [6.07, 6.45) is 0.678. The van der Waals surface area contributed by atoms with Gasteiger partial charge < -0.3 is 4.74 Å². The van der Waals surface area contributed by atoms with E-state index in [0.717, 1.165) is 4.88 Å². The van der Waals surface area contributed by atoms with Crippen molar-refractivity contribution in [2.24, 2.45) is 5.10 Å². The summed E-state index contributed by atoms with van der Waals surface area (Å²) in [6, 6.07) is 8.15. The Hall–Kier alpha value is -2.49. The van der Waals surface area contributed by atoms with Crippen LogP contribution in [-0.2, 0) is 4.74 Å². The van der Waals surface area contributed by atoms with Crippen LogP contribution >= 0.6 is 34.3 Å². The van der Waals surface area contributed by atoms with Crippen molar-refractivity contribution < 1.29 is 13.9 Å². The van der Waals surface area contributed by atoms with E-state index < -0.39 is 11.9 Å². The molecule has 10 heteroatoms. The maximum Gasteiger partial charge on any atom is 0.412 e. The molecule has 6 nitrogen and oxygen atoms in total. The molecule has 0 atom stereocenters. The summed E-state index contributed by atoms with van der Waals surface area (Å²) in [4.78, 5) is 16.8. The molecule has 3 aromatic rings. The van der Waals surface area contributed by atoms with E-state index >= 15 is 0 Å². The molecule has 26 heavy (non-hydrogen) atoms. The quantitative estimate of drug-likeness (QED) is 0.442. The molecule has 0 radical (unpaired) electrons. The van der Waals surface area contributed by atoms with Crippen molar-refractivity contribution in [2.45, 2.75) is 0 Å². The molecule has 0 fully saturated rings. The van der Waals surface area contributed by atoms with Crippen LogP contribution < -0.4 is 10.7 Å². The Bertz CT molecular complexity index is 924. The minimum atomic E-state index is -0.598. The van der Waals surface area contributed by atoms with Gasteiger partial charge in [-0.1, -0.05) is 35.1 Å². The summed E-state index contributed by atoms with van der Waals surface area (Å²) >= 11 is 8.61. The Balaban J connectivity index is 1.83. The van der Waals surface area contributed by atoms with Crippen molar-refractivity contribution in [3.05, 3.63) is 52.1 Å². The number of benzene rings is 1. The van der Waals surface area contributed by atoms with Crippen LogP contribution in [0.1, 0.15) is 5.56 Å². The summed E-state index contributed by atoms with van der Waals surface area (Å²) < 4.78 is 18.4. The Kier molecular flexibility index (Phi) is 5.82. The average molecular weight is 411 g/mol. The predicted molar refractivity (Wildman–Crippen MR) is 104 cm³/mol. The van der Waals surface area contributed by atoms with Crippen molar-refractivity contribution in [1.82, 2.24) is 4.98 Å². The molecule has 0 unspecified atom stereocenters. The van der Waals surface area contributed by atoms with Crippen LogP contribution in [0, 0.1) is 5.82 Å². The molecule has 2 N–H and O–H groups in total. The molecule has 0 saturated carbocycles. The maximum absolute atomic E-state index is 13.7. The third-order valence-corrected chi connectivity index (χ3v) is 5.22. The lowest BCUT2D eigenvalue weighted by Crippen LogP contribution is -2.10. The SMILES string of the molecule is COC(=O)Nc1sc(N/N=C\c2c(F)cccc2Cl)nc1-c1cccs1. The number of carbonyl (C=O) groups excluding carboxylic acids is 1. The van der Waals surface area contributed by atoms with Crippen molar-refractivity contribution in [3.63, 3.8) is 0 Å². The number of hydrogen-bond acceptors (Lipinski definition) is 7. The number of thiazole rings is 1. The number of nitrogens with one attached hydrogen (secondary N) is 2. The molecule has 0 aliphatic rings. The van der Waals surface area contributed by atoms with E-state index in [1.54, 1.807) is 6.07 Å². The topological polar surface area (TPSA) is 75.6 Å². The smallest absolute Gasteiger partial charge is 0.412 e. The van der Waals surface area contributed by atoms with Crippen molar-refractivity contribution in [1.29, 1.82) is 0 Å². The molecule has 1 amide bonds. The zero-order chi connectivity index (χ0) is 18.5. The molecule has 1 aromatic carbocycles. The third kappa shape index (κ3) is 4.18. The number of methoxy groups -OCH3 is 1. The van der Waals surface area contributed by atoms with Gasteiger partial charge in [-0.3, -0.25) is 10.7 Å². The van der Waals surface area contributed by atoms with E-state index in [2.05, 4.69) is 25.6 Å².